The van der Waals surface area contributed by atoms with E-state index < -0.39 is 9.84 Å². The van der Waals surface area contributed by atoms with Crippen LogP contribution in [0.1, 0.15) is 42.7 Å². The molecule has 0 saturated heterocycles. The molecule has 146 valence electrons. The molecular formula is C21H28N2O3S. The third-order valence-electron chi connectivity index (χ3n) is 4.74. The Bertz CT molecular complexity index is 847. The summed E-state index contributed by atoms with van der Waals surface area (Å²) in [4.78, 5) is 15.1. The summed E-state index contributed by atoms with van der Waals surface area (Å²) in [5.41, 5.74) is 1.32. The molecule has 0 fully saturated rings. The van der Waals surface area contributed by atoms with Crippen molar-refractivity contribution < 1.29 is 13.2 Å². The number of hydrogen-bond acceptors (Lipinski definition) is 4. The monoisotopic (exact) mass is 388 g/mol. The van der Waals surface area contributed by atoms with E-state index in [1.54, 1.807) is 25.1 Å². The average Bonchev–Trinajstić information content (AvgIpc) is 2.71. The van der Waals surface area contributed by atoms with Crippen molar-refractivity contribution in [1.82, 2.24) is 10.2 Å². The summed E-state index contributed by atoms with van der Waals surface area (Å²) in [6.07, 6.45) is 0. The normalized spacial score (nSPS) is 12.7. The van der Waals surface area contributed by atoms with E-state index >= 15 is 0 Å². The van der Waals surface area contributed by atoms with Crippen LogP contribution in [0.2, 0.25) is 0 Å². The summed E-state index contributed by atoms with van der Waals surface area (Å²) in [6.45, 7) is 7.87. The third kappa shape index (κ3) is 5.17. The number of likely N-dealkylation sites (N-methyl/N-ethyl adjacent to an activating group) is 1. The van der Waals surface area contributed by atoms with Crippen LogP contribution in [0, 0.1) is 0 Å². The number of sulfone groups is 1. The maximum Gasteiger partial charge on any atom is 0.252 e. The molecule has 0 bridgehead atoms. The minimum absolute atomic E-state index is 0.0279. The van der Waals surface area contributed by atoms with Gasteiger partial charge in [-0.25, -0.2) is 8.42 Å². The summed E-state index contributed by atoms with van der Waals surface area (Å²) in [7, 11) is -3.46. The van der Waals surface area contributed by atoms with Crippen molar-refractivity contribution in [3.63, 3.8) is 0 Å². The zero-order chi connectivity index (χ0) is 19.9. The van der Waals surface area contributed by atoms with Crippen LogP contribution in [0.5, 0.6) is 0 Å². The minimum atomic E-state index is -3.46. The fourth-order valence-electron chi connectivity index (χ4n) is 3.16. The van der Waals surface area contributed by atoms with Gasteiger partial charge >= 0.3 is 0 Å². The first kappa shape index (κ1) is 21.1. The first-order valence-electron chi connectivity index (χ1n) is 9.33. The quantitative estimate of drug-likeness (QED) is 0.716. The number of benzene rings is 2. The Labute approximate surface area is 162 Å². The molecule has 0 aliphatic rings. The molecule has 0 aromatic heterocycles. The summed E-state index contributed by atoms with van der Waals surface area (Å²) in [5.74, 6) is -0.403. The zero-order valence-corrected chi connectivity index (χ0v) is 17.0. The highest BCUT2D eigenvalue weighted by atomic mass is 32.2. The van der Waals surface area contributed by atoms with E-state index in [2.05, 4.69) is 24.1 Å². The maximum absolute atomic E-state index is 12.8. The Balaban J connectivity index is 2.25. The lowest BCUT2D eigenvalue weighted by Crippen LogP contribution is -2.38. The molecule has 1 atom stereocenters. The first-order valence-corrected chi connectivity index (χ1v) is 11.0. The van der Waals surface area contributed by atoms with Crippen molar-refractivity contribution in [3.05, 3.63) is 65.7 Å². The summed E-state index contributed by atoms with van der Waals surface area (Å²) >= 11 is 0. The van der Waals surface area contributed by atoms with Gasteiger partial charge in [0.2, 0.25) is 0 Å². The van der Waals surface area contributed by atoms with Crippen molar-refractivity contribution in [2.75, 3.05) is 25.4 Å². The van der Waals surface area contributed by atoms with E-state index in [0.29, 0.717) is 6.54 Å². The van der Waals surface area contributed by atoms with Crippen LogP contribution in [0.4, 0.5) is 0 Å². The minimum Gasteiger partial charge on any atom is -0.350 e. The van der Waals surface area contributed by atoms with Gasteiger partial charge in [0.05, 0.1) is 22.3 Å². The standard InChI is InChI=1S/C21H28N2O3S/c1-4-23(5-2)19(17-12-8-7-9-13-17)16-22-21(24)18-14-10-11-15-20(18)27(25,26)6-3/h7-15,19H,4-6,16H2,1-3H3,(H,22,24). The van der Waals surface area contributed by atoms with Gasteiger partial charge in [-0.2, -0.15) is 0 Å². The van der Waals surface area contributed by atoms with E-state index in [-0.39, 0.29) is 28.2 Å². The SMILES string of the molecule is CCN(CC)C(CNC(=O)c1ccccc1S(=O)(=O)CC)c1ccccc1. The molecule has 1 amide bonds. The smallest absolute Gasteiger partial charge is 0.252 e. The van der Waals surface area contributed by atoms with E-state index in [1.807, 2.05) is 30.3 Å². The molecule has 1 N–H and O–H groups in total. The molecule has 6 heteroatoms. The predicted molar refractivity (Wildman–Crippen MR) is 109 cm³/mol. The van der Waals surface area contributed by atoms with Gasteiger partial charge in [0.1, 0.15) is 0 Å². The number of rotatable bonds is 9. The van der Waals surface area contributed by atoms with Gasteiger partial charge in [-0.05, 0) is 30.8 Å². The summed E-state index contributed by atoms with van der Waals surface area (Å²) in [5, 5.41) is 2.94. The Kier molecular flexibility index (Phi) is 7.56. The Morgan fingerprint density at radius 3 is 2.15 bits per heavy atom. The number of nitrogens with one attached hydrogen (secondary N) is 1. The highest BCUT2D eigenvalue weighted by Gasteiger charge is 2.23. The number of carbonyl (C=O) groups is 1. The first-order chi connectivity index (χ1) is 12.9. The number of nitrogens with zero attached hydrogens (tertiary/aromatic N) is 1. The molecule has 0 spiro atoms. The Hall–Kier alpha value is -2.18. The lowest BCUT2D eigenvalue weighted by molar-refractivity contribution is 0.0931. The van der Waals surface area contributed by atoms with Crippen LogP contribution in [-0.4, -0.2) is 44.6 Å². The fraction of sp³-hybridized carbons (Fsp3) is 0.381. The van der Waals surface area contributed by atoms with Crippen LogP contribution in [-0.2, 0) is 9.84 Å². The highest BCUT2D eigenvalue weighted by molar-refractivity contribution is 7.91. The molecule has 0 radical (unpaired) electrons. The van der Waals surface area contributed by atoms with Crippen molar-refractivity contribution in [2.45, 2.75) is 31.7 Å². The van der Waals surface area contributed by atoms with Crippen molar-refractivity contribution >= 4 is 15.7 Å². The lowest BCUT2D eigenvalue weighted by atomic mass is 10.0. The van der Waals surface area contributed by atoms with Gasteiger partial charge < -0.3 is 5.32 Å². The second-order valence-electron chi connectivity index (χ2n) is 6.26. The van der Waals surface area contributed by atoms with E-state index in [9.17, 15) is 13.2 Å². The van der Waals surface area contributed by atoms with Crippen LogP contribution < -0.4 is 5.32 Å². The van der Waals surface area contributed by atoms with Crippen LogP contribution in [0.3, 0.4) is 0 Å². The molecule has 0 heterocycles. The molecule has 0 aliphatic heterocycles. The summed E-state index contributed by atoms with van der Waals surface area (Å²) in [6, 6.07) is 16.4. The van der Waals surface area contributed by atoms with Crippen molar-refractivity contribution in [2.24, 2.45) is 0 Å². The van der Waals surface area contributed by atoms with E-state index in [0.717, 1.165) is 18.7 Å². The van der Waals surface area contributed by atoms with Gasteiger partial charge in [-0.15, -0.1) is 0 Å². The van der Waals surface area contributed by atoms with E-state index in [4.69, 9.17) is 0 Å². The van der Waals surface area contributed by atoms with Gasteiger partial charge in [-0.1, -0.05) is 63.2 Å². The molecule has 0 aliphatic carbocycles. The molecule has 27 heavy (non-hydrogen) atoms. The molecule has 0 saturated carbocycles. The topological polar surface area (TPSA) is 66.5 Å². The molecule has 2 aromatic rings. The van der Waals surface area contributed by atoms with Gasteiger partial charge in [0, 0.05) is 6.54 Å². The highest BCUT2D eigenvalue weighted by Crippen LogP contribution is 2.21. The Morgan fingerprint density at radius 2 is 1.56 bits per heavy atom. The van der Waals surface area contributed by atoms with Crippen LogP contribution in [0.15, 0.2) is 59.5 Å². The molecule has 2 rings (SSSR count). The van der Waals surface area contributed by atoms with Crippen molar-refractivity contribution in [3.8, 4) is 0 Å². The number of carbonyl (C=O) groups excluding carboxylic acids is 1. The zero-order valence-electron chi connectivity index (χ0n) is 16.2. The lowest BCUT2D eigenvalue weighted by Gasteiger charge is -2.30. The predicted octanol–water partition coefficient (Wildman–Crippen LogP) is 3.29. The van der Waals surface area contributed by atoms with E-state index in [1.165, 1.54) is 6.07 Å². The van der Waals surface area contributed by atoms with Crippen molar-refractivity contribution in [1.29, 1.82) is 0 Å². The van der Waals surface area contributed by atoms with Crippen LogP contribution >= 0.6 is 0 Å². The second kappa shape index (κ2) is 9.67. The van der Waals surface area contributed by atoms with Gasteiger partial charge in [0.15, 0.2) is 9.84 Å². The van der Waals surface area contributed by atoms with Gasteiger partial charge in [0.25, 0.3) is 5.91 Å². The number of hydrogen-bond donors (Lipinski definition) is 1. The third-order valence-corrected chi connectivity index (χ3v) is 6.53. The molecule has 2 aromatic carbocycles. The maximum atomic E-state index is 12.8. The number of amides is 1. The fourth-order valence-corrected chi connectivity index (χ4v) is 4.26. The molecule has 5 nitrogen and oxygen atoms in total. The van der Waals surface area contributed by atoms with Crippen LogP contribution in [0.25, 0.3) is 0 Å². The second-order valence-corrected chi connectivity index (χ2v) is 8.50. The largest absolute Gasteiger partial charge is 0.350 e. The molecule has 1 unspecified atom stereocenters. The Morgan fingerprint density at radius 1 is 0.963 bits per heavy atom. The summed E-state index contributed by atoms with van der Waals surface area (Å²) < 4.78 is 24.6. The molecular weight excluding hydrogens is 360 g/mol. The average molecular weight is 389 g/mol. The van der Waals surface area contributed by atoms with Gasteiger partial charge in [-0.3, -0.25) is 9.69 Å².